The summed E-state index contributed by atoms with van der Waals surface area (Å²) in [5.74, 6) is 0.600. The molecule has 6 nitrogen and oxygen atoms in total. The van der Waals surface area contributed by atoms with Crippen molar-refractivity contribution in [3.8, 4) is 0 Å². The zero-order valence-corrected chi connectivity index (χ0v) is 18.7. The summed E-state index contributed by atoms with van der Waals surface area (Å²) in [6, 6.07) is 11.3. The number of piperazine rings is 1. The van der Waals surface area contributed by atoms with Crippen molar-refractivity contribution >= 4 is 15.8 Å². The molecule has 0 N–H and O–H groups in total. The molecule has 1 saturated heterocycles. The topological polar surface area (TPSA) is 66.4 Å². The predicted molar refractivity (Wildman–Crippen MR) is 118 cm³/mol. The number of benzene rings is 2. The van der Waals surface area contributed by atoms with Crippen LogP contribution in [0.3, 0.4) is 0 Å². The predicted octanol–water partition coefficient (Wildman–Crippen LogP) is 3.47. The summed E-state index contributed by atoms with van der Waals surface area (Å²) in [4.78, 5) is 11.2. The lowest BCUT2D eigenvalue weighted by Gasteiger charge is -2.36. The normalized spacial score (nSPS) is 15.2. The van der Waals surface area contributed by atoms with E-state index in [1.54, 1.807) is 6.07 Å². The zero-order chi connectivity index (χ0) is 22.9. The smallest absolute Gasteiger partial charge is 0.243 e. The molecule has 3 aromatic rings. The van der Waals surface area contributed by atoms with Crippen LogP contribution in [-0.2, 0) is 16.4 Å². The van der Waals surface area contributed by atoms with Crippen LogP contribution in [0.15, 0.2) is 53.4 Å². The van der Waals surface area contributed by atoms with Gasteiger partial charge in [-0.2, -0.15) is 4.31 Å². The van der Waals surface area contributed by atoms with Gasteiger partial charge in [-0.15, -0.1) is 0 Å². The van der Waals surface area contributed by atoms with E-state index in [4.69, 9.17) is 0 Å². The first kappa shape index (κ1) is 22.3. The first-order valence-electron chi connectivity index (χ1n) is 10.3. The van der Waals surface area contributed by atoms with Gasteiger partial charge in [-0.3, -0.25) is 0 Å². The molecule has 0 aliphatic carbocycles. The number of aryl methyl sites for hydroxylation is 2. The van der Waals surface area contributed by atoms with E-state index >= 15 is 0 Å². The van der Waals surface area contributed by atoms with Gasteiger partial charge >= 0.3 is 0 Å². The monoisotopic (exact) mass is 458 g/mol. The number of hydrogen-bond donors (Lipinski definition) is 0. The Morgan fingerprint density at radius 3 is 2.25 bits per heavy atom. The van der Waals surface area contributed by atoms with Gasteiger partial charge in [0, 0.05) is 43.9 Å². The maximum atomic E-state index is 13.7. The number of anilines is 1. The quantitative estimate of drug-likeness (QED) is 0.586. The van der Waals surface area contributed by atoms with Crippen molar-refractivity contribution in [2.75, 3.05) is 31.1 Å². The van der Waals surface area contributed by atoms with E-state index in [1.807, 2.05) is 24.8 Å². The van der Waals surface area contributed by atoms with Gasteiger partial charge in [-0.05, 0) is 55.8 Å². The molecule has 2 heterocycles. The Morgan fingerprint density at radius 2 is 1.59 bits per heavy atom. The lowest BCUT2D eigenvalue weighted by atomic mass is 10.0. The molecule has 0 bridgehead atoms. The second-order valence-corrected chi connectivity index (χ2v) is 9.75. The molecule has 168 valence electrons. The van der Waals surface area contributed by atoms with Gasteiger partial charge in [0.25, 0.3) is 0 Å². The molecule has 4 rings (SSSR count). The lowest BCUT2D eigenvalue weighted by molar-refractivity contribution is 0.383. The fraction of sp³-hybridized carbons (Fsp3) is 0.304. The number of sulfonamides is 1. The van der Waals surface area contributed by atoms with E-state index in [1.165, 1.54) is 28.6 Å². The maximum absolute atomic E-state index is 13.7. The van der Waals surface area contributed by atoms with Gasteiger partial charge in [0.2, 0.25) is 10.0 Å². The Labute approximate surface area is 186 Å². The number of hydrogen-bond acceptors (Lipinski definition) is 5. The standard InChI is InChI=1S/C23H24F2N4O2S/c1-16-22(15-18-4-3-5-20(25)14-18)23(27-17(2)26-16)28-10-12-29(13-11-28)32(30,31)21-8-6-19(24)7-9-21/h3-9,14H,10-13,15H2,1-2H3. The Bertz CT molecular complexity index is 1230. The van der Waals surface area contributed by atoms with Gasteiger partial charge in [-0.1, -0.05) is 12.1 Å². The van der Waals surface area contributed by atoms with Gasteiger partial charge in [0.1, 0.15) is 23.3 Å². The van der Waals surface area contributed by atoms with Gasteiger partial charge in [0.15, 0.2) is 0 Å². The molecule has 0 radical (unpaired) electrons. The highest BCUT2D eigenvalue weighted by Gasteiger charge is 2.30. The van der Waals surface area contributed by atoms with Crippen LogP contribution in [0.25, 0.3) is 0 Å². The largest absolute Gasteiger partial charge is 0.354 e. The van der Waals surface area contributed by atoms with Crippen LogP contribution in [0.1, 0.15) is 22.6 Å². The van der Waals surface area contributed by atoms with Crippen LogP contribution in [0.4, 0.5) is 14.6 Å². The van der Waals surface area contributed by atoms with Crippen LogP contribution in [0.5, 0.6) is 0 Å². The molecule has 1 aromatic heterocycles. The fourth-order valence-corrected chi connectivity index (χ4v) is 5.36. The summed E-state index contributed by atoms with van der Waals surface area (Å²) in [5.41, 5.74) is 2.54. The fourth-order valence-electron chi connectivity index (χ4n) is 3.93. The van der Waals surface area contributed by atoms with Crippen LogP contribution in [-0.4, -0.2) is 48.9 Å². The number of rotatable bonds is 5. The second-order valence-electron chi connectivity index (χ2n) is 7.81. The van der Waals surface area contributed by atoms with E-state index in [0.29, 0.717) is 25.3 Å². The van der Waals surface area contributed by atoms with E-state index in [0.717, 1.165) is 34.8 Å². The van der Waals surface area contributed by atoms with E-state index in [2.05, 4.69) is 9.97 Å². The highest BCUT2D eigenvalue weighted by molar-refractivity contribution is 7.89. The van der Waals surface area contributed by atoms with Crippen molar-refractivity contribution in [2.24, 2.45) is 0 Å². The van der Waals surface area contributed by atoms with Crippen LogP contribution < -0.4 is 4.90 Å². The third-order valence-corrected chi connectivity index (χ3v) is 7.48. The molecule has 1 aliphatic rings. The number of aromatic nitrogens is 2. The highest BCUT2D eigenvalue weighted by Crippen LogP contribution is 2.27. The van der Waals surface area contributed by atoms with Crippen molar-refractivity contribution in [1.82, 2.24) is 14.3 Å². The minimum atomic E-state index is -3.70. The summed E-state index contributed by atoms with van der Waals surface area (Å²) in [6.45, 7) is 5.18. The lowest BCUT2D eigenvalue weighted by Crippen LogP contribution is -2.49. The van der Waals surface area contributed by atoms with Crippen molar-refractivity contribution in [1.29, 1.82) is 0 Å². The van der Waals surface area contributed by atoms with Crippen molar-refractivity contribution < 1.29 is 17.2 Å². The average molecular weight is 459 g/mol. The Hall–Kier alpha value is -2.91. The number of halogens is 2. The Kier molecular flexibility index (Phi) is 6.21. The average Bonchev–Trinajstić information content (AvgIpc) is 2.76. The molecule has 9 heteroatoms. The van der Waals surface area contributed by atoms with Crippen LogP contribution in [0.2, 0.25) is 0 Å². The van der Waals surface area contributed by atoms with Crippen molar-refractivity contribution in [3.63, 3.8) is 0 Å². The molecular formula is C23H24F2N4O2S. The molecule has 32 heavy (non-hydrogen) atoms. The van der Waals surface area contributed by atoms with Gasteiger partial charge in [0.05, 0.1) is 4.90 Å². The van der Waals surface area contributed by atoms with Crippen molar-refractivity contribution in [2.45, 2.75) is 25.2 Å². The van der Waals surface area contributed by atoms with Crippen LogP contribution in [0, 0.1) is 25.5 Å². The third kappa shape index (κ3) is 4.63. The Morgan fingerprint density at radius 1 is 0.906 bits per heavy atom. The summed E-state index contributed by atoms with van der Waals surface area (Å²) >= 11 is 0. The molecule has 2 aromatic carbocycles. The van der Waals surface area contributed by atoms with E-state index in [9.17, 15) is 17.2 Å². The summed E-state index contributed by atoms with van der Waals surface area (Å²) < 4.78 is 54.1. The highest BCUT2D eigenvalue weighted by atomic mass is 32.2. The summed E-state index contributed by atoms with van der Waals surface area (Å²) in [6.07, 6.45) is 0.479. The zero-order valence-electron chi connectivity index (χ0n) is 17.9. The number of nitrogens with zero attached hydrogens (tertiary/aromatic N) is 4. The minimum Gasteiger partial charge on any atom is -0.354 e. The summed E-state index contributed by atoms with van der Waals surface area (Å²) in [7, 11) is -3.70. The third-order valence-electron chi connectivity index (χ3n) is 5.56. The summed E-state index contributed by atoms with van der Waals surface area (Å²) in [5, 5.41) is 0. The van der Waals surface area contributed by atoms with Gasteiger partial charge < -0.3 is 4.90 Å². The SMILES string of the molecule is Cc1nc(C)c(Cc2cccc(F)c2)c(N2CCN(S(=O)(=O)c3ccc(F)cc3)CC2)n1. The molecule has 0 unspecified atom stereocenters. The van der Waals surface area contributed by atoms with E-state index in [-0.39, 0.29) is 23.8 Å². The molecule has 0 amide bonds. The molecule has 1 fully saturated rings. The first-order valence-corrected chi connectivity index (χ1v) is 11.8. The molecule has 0 atom stereocenters. The molecular weight excluding hydrogens is 434 g/mol. The van der Waals surface area contributed by atoms with Crippen molar-refractivity contribution in [3.05, 3.63) is 82.8 Å². The first-order chi connectivity index (χ1) is 15.2. The minimum absolute atomic E-state index is 0.0767. The van der Waals surface area contributed by atoms with Gasteiger partial charge in [-0.25, -0.2) is 27.2 Å². The van der Waals surface area contributed by atoms with Crippen LogP contribution >= 0.6 is 0 Å². The molecule has 1 aliphatic heterocycles. The molecule has 0 saturated carbocycles. The maximum Gasteiger partial charge on any atom is 0.243 e. The Balaban J connectivity index is 1.56. The van der Waals surface area contributed by atoms with E-state index < -0.39 is 15.8 Å². The molecule has 0 spiro atoms. The second kappa shape index (κ2) is 8.91.